The number of pyridine rings is 1. The van der Waals surface area contributed by atoms with Crippen LogP contribution in [0.5, 0.6) is 0 Å². The van der Waals surface area contributed by atoms with Gasteiger partial charge in [-0.25, -0.2) is 13.4 Å². The maximum Gasteiger partial charge on any atom is 0.244 e. The molecule has 1 aromatic heterocycles. The topological polar surface area (TPSA) is 118 Å². The molecule has 1 saturated heterocycles. The molecule has 1 atom stereocenters. The number of hydrogen-bond donors (Lipinski definition) is 2. The van der Waals surface area contributed by atoms with Crippen molar-refractivity contribution in [1.82, 2.24) is 19.5 Å². The van der Waals surface area contributed by atoms with Crippen LogP contribution in [0.15, 0.2) is 23.2 Å². The summed E-state index contributed by atoms with van der Waals surface area (Å²) in [7, 11) is -2.02. The molecule has 2 N–H and O–H groups in total. The van der Waals surface area contributed by atoms with E-state index in [1.807, 2.05) is 27.7 Å². The zero-order valence-corrected chi connectivity index (χ0v) is 19.2. The number of nitriles is 1. The summed E-state index contributed by atoms with van der Waals surface area (Å²) in [6.07, 6.45) is 2.94. The van der Waals surface area contributed by atoms with Crippen LogP contribution in [-0.4, -0.2) is 72.8 Å². The summed E-state index contributed by atoms with van der Waals surface area (Å²) in [6, 6.07) is 4.87. The van der Waals surface area contributed by atoms with Gasteiger partial charge in [0.05, 0.1) is 12.6 Å². The van der Waals surface area contributed by atoms with E-state index in [1.54, 1.807) is 18.0 Å². The van der Waals surface area contributed by atoms with Crippen LogP contribution in [0, 0.1) is 11.3 Å². The van der Waals surface area contributed by atoms with Gasteiger partial charge in [-0.1, -0.05) is 0 Å². The van der Waals surface area contributed by atoms with Crippen molar-refractivity contribution in [2.75, 3.05) is 32.0 Å². The summed E-state index contributed by atoms with van der Waals surface area (Å²) < 4.78 is 26.3. The van der Waals surface area contributed by atoms with E-state index in [-0.39, 0.29) is 29.4 Å². The third kappa shape index (κ3) is 5.90. The minimum absolute atomic E-state index is 0.0749. The van der Waals surface area contributed by atoms with Gasteiger partial charge in [0.15, 0.2) is 0 Å². The highest BCUT2D eigenvalue weighted by Crippen LogP contribution is 2.18. The predicted molar refractivity (Wildman–Crippen MR) is 115 cm³/mol. The van der Waals surface area contributed by atoms with Crippen LogP contribution in [0.2, 0.25) is 0 Å². The van der Waals surface area contributed by atoms with Crippen molar-refractivity contribution in [3.63, 3.8) is 0 Å². The monoisotopic (exact) mass is 436 g/mol. The predicted octanol–water partition coefficient (Wildman–Crippen LogP) is 1.41. The largest absolute Gasteiger partial charge is 0.368 e. The van der Waals surface area contributed by atoms with Crippen LogP contribution in [0.1, 0.15) is 40.5 Å². The molecule has 2 heterocycles. The molecular formula is C20H32N6O3S. The van der Waals surface area contributed by atoms with Gasteiger partial charge in [-0.15, -0.1) is 0 Å². The van der Waals surface area contributed by atoms with Gasteiger partial charge in [0.2, 0.25) is 15.9 Å². The van der Waals surface area contributed by atoms with E-state index in [0.717, 1.165) is 12.8 Å². The fourth-order valence-electron chi connectivity index (χ4n) is 3.07. The van der Waals surface area contributed by atoms with Gasteiger partial charge in [0.1, 0.15) is 16.8 Å². The molecule has 166 valence electrons. The fourth-order valence-corrected chi connectivity index (χ4v) is 4.38. The summed E-state index contributed by atoms with van der Waals surface area (Å²) in [4.78, 5) is 18.4. The minimum atomic E-state index is -3.57. The number of hydrogen-bond acceptors (Lipinski definition) is 7. The third-order valence-electron chi connectivity index (χ3n) is 5.29. The Morgan fingerprint density at radius 1 is 1.43 bits per heavy atom. The fraction of sp³-hybridized carbons (Fsp3) is 0.650. The van der Waals surface area contributed by atoms with E-state index >= 15 is 0 Å². The van der Waals surface area contributed by atoms with Crippen molar-refractivity contribution in [2.45, 2.75) is 63.1 Å². The highest BCUT2D eigenvalue weighted by molar-refractivity contribution is 7.89. The average Bonchev–Trinajstić information content (AvgIpc) is 3.19. The number of nitrogens with zero attached hydrogens (tertiary/aromatic N) is 4. The first-order valence-corrected chi connectivity index (χ1v) is 11.5. The lowest BCUT2D eigenvalue weighted by molar-refractivity contribution is -0.130. The molecule has 0 radical (unpaired) electrons. The second kappa shape index (κ2) is 9.73. The van der Waals surface area contributed by atoms with E-state index in [2.05, 4.69) is 21.7 Å². The van der Waals surface area contributed by atoms with Crippen molar-refractivity contribution < 1.29 is 13.2 Å². The number of sulfonamides is 1. The Labute approximate surface area is 179 Å². The van der Waals surface area contributed by atoms with Gasteiger partial charge in [-0.3, -0.25) is 4.79 Å². The SMILES string of the molecule is CC(C)N(C)S(=O)(=O)c1ccc(NCC(C)(C)NCC(=O)N2CCC[C@H]2C#N)nc1. The number of nitrogens with one attached hydrogen (secondary N) is 2. The molecule has 1 aromatic rings. The summed E-state index contributed by atoms with van der Waals surface area (Å²) in [6.45, 7) is 8.79. The lowest BCUT2D eigenvalue weighted by Gasteiger charge is -2.28. The molecule has 0 aromatic carbocycles. The number of amides is 1. The molecule has 1 aliphatic heterocycles. The van der Waals surface area contributed by atoms with E-state index in [4.69, 9.17) is 5.26 Å². The van der Waals surface area contributed by atoms with Crippen LogP contribution in [-0.2, 0) is 14.8 Å². The molecule has 1 amide bonds. The molecule has 1 fully saturated rings. The van der Waals surface area contributed by atoms with E-state index in [9.17, 15) is 13.2 Å². The van der Waals surface area contributed by atoms with Crippen LogP contribution in [0.3, 0.4) is 0 Å². The second-order valence-corrected chi connectivity index (χ2v) is 10.5. The van der Waals surface area contributed by atoms with Gasteiger partial charge < -0.3 is 15.5 Å². The molecule has 0 saturated carbocycles. The van der Waals surface area contributed by atoms with E-state index in [0.29, 0.717) is 18.9 Å². The second-order valence-electron chi connectivity index (χ2n) is 8.46. The summed E-state index contributed by atoms with van der Waals surface area (Å²) >= 11 is 0. The number of aromatic nitrogens is 1. The van der Waals surface area contributed by atoms with Gasteiger partial charge in [0.25, 0.3) is 0 Å². The molecule has 1 aliphatic rings. The molecular weight excluding hydrogens is 404 g/mol. The smallest absolute Gasteiger partial charge is 0.244 e. The zero-order valence-electron chi connectivity index (χ0n) is 18.3. The van der Waals surface area contributed by atoms with Crippen LogP contribution in [0.4, 0.5) is 5.82 Å². The lowest BCUT2D eigenvalue weighted by atomic mass is 10.1. The standard InChI is InChI=1S/C20H32N6O3S/c1-15(2)25(5)30(28,29)17-8-9-18(22-12-17)23-14-20(3,4)24-13-19(27)26-10-6-7-16(26)11-21/h8-9,12,15-16,24H,6-7,10,13-14H2,1-5H3,(H,22,23)/t16-/m0/s1. The molecule has 0 unspecified atom stereocenters. The maximum absolute atomic E-state index is 12.5. The van der Waals surface area contributed by atoms with Gasteiger partial charge in [0, 0.05) is 37.9 Å². The van der Waals surface area contributed by atoms with Crippen molar-refractivity contribution >= 4 is 21.7 Å². The highest BCUT2D eigenvalue weighted by Gasteiger charge is 2.29. The van der Waals surface area contributed by atoms with Crippen molar-refractivity contribution in [1.29, 1.82) is 5.26 Å². The lowest BCUT2D eigenvalue weighted by Crippen LogP contribution is -2.50. The van der Waals surface area contributed by atoms with Gasteiger partial charge in [-0.2, -0.15) is 9.57 Å². The van der Waals surface area contributed by atoms with Crippen molar-refractivity contribution in [3.05, 3.63) is 18.3 Å². The van der Waals surface area contributed by atoms with E-state index in [1.165, 1.54) is 16.6 Å². The Morgan fingerprint density at radius 2 is 2.13 bits per heavy atom. The summed E-state index contributed by atoms with van der Waals surface area (Å²) in [5.74, 6) is 0.473. The highest BCUT2D eigenvalue weighted by atomic mass is 32.2. The Hall–Kier alpha value is -2.22. The molecule has 2 rings (SSSR count). The Morgan fingerprint density at radius 3 is 2.70 bits per heavy atom. The van der Waals surface area contributed by atoms with Crippen LogP contribution in [0.25, 0.3) is 0 Å². The third-order valence-corrected chi connectivity index (χ3v) is 7.31. The van der Waals surface area contributed by atoms with Gasteiger partial charge >= 0.3 is 0 Å². The first-order chi connectivity index (χ1) is 14.0. The minimum Gasteiger partial charge on any atom is -0.368 e. The van der Waals surface area contributed by atoms with Crippen molar-refractivity contribution in [2.24, 2.45) is 0 Å². The molecule has 10 heteroatoms. The number of likely N-dealkylation sites (tertiary alicyclic amines) is 1. The first kappa shape index (κ1) is 24.1. The number of carbonyl (C=O) groups excluding carboxylic acids is 1. The summed E-state index contributed by atoms with van der Waals surface area (Å²) in [5, 5.41) is 15.5. The number of rotatable bonds is 9. The first-order valence-electron chi connectivity index (χ1n) is 10.1. The van der Waals surface area contributed by atoms with Crippen LogP contribution >= 0.6 is 0 Å². The Balaban J connectivity index is 1.90. The maximum atomic E-state index is 12.5. The Bertz CT molecular complexity index is 877. The average molecular weight is 437 g/mol. The zero-order chi connectivity index (χ0) is 22.5. The molecule has 9 nitrogen and oxygen atoms in total. The van der Waals surface area contributed by atoms with Gasteiger partial charge in [-0.05, 0) is 52.7 Å². The molecule has 0 bridgehead atoms. The molecule has 0 spiro atoms. The van der Waals surface area contributed by atoms with Crippen molar-refractivity contribution in [3.8, 4) is 6.07 Å². The number of carbonyl (C=O) groups is 1. The van der Waals surface area contributed by atoms with E-state index < -0.39 is 15.6 Å². The number of anilines is 1. The Kier molecular flexibility index (Phi) is 7.80. The molecule has 30 heavy (non-hydrogen) atoms. The molecule has 0 aliphatic carbocycles. The summed E-state index contributed by atoms with van der Waals surface area (Å²) in [5.41, 5.74) is -0.415. The van der Waals surface area contributed by atoms with Crippen LogP contribution < -0.4 is 10.6 Å². The normalized spacial score (nSPS) is 17.4. The quantitative estimate of drug-likeness (QED) is 0.601.